The summed E-state index contributed by atoms with van der Waals surface area (Å²) in [7, 11) is 0. The normalized spacial score (nSPS) is 24.8. The monoisotopic (exact) mass is 374 g/mol. The smallest absolute Gasteiger partial charge is 0.207 e. The van der Waals surface area contributed by atoms with Crippen molar-refractivity contribution in [3.8, 4) is 5.75 Å². The maximum Gasteiger partial charge on any atom is 0.207 e. The number of alkyl halides is 1. The van der Waals surface area contributed by atoms with Crippen LogP contribution in [0.1, 0.15) is 19.8 Å². The molecule has 2 rings (SSSR count). The van der Waals surface area contributed by atoms with Gasteiger partial charge in [-0.15, -0.1) is 0 Å². The molecule has 0 spiro atoms. The van der Waals surface area contributed by atoms with Crippen LogP contribution in [0.5, 0.6) is 5.75 Å². The quantitative estimate of drug-likeness (QED) is 0.334. The molecule has 0 heterocycles. The minimum atomic E-state index is -2.21. The first-order valence-corrected chi connectivity index (χ1v) is 7.23. The average molecular weight is 375 g/mol. The van der Waals surface area contributed by atoms with Crippen LogP contribution in [0.2, 0.25) is 0 Å². The number of hydrogen-bond donors (Lipinski definition) is 0. The molecular weight excluding hydrogens is 363 g/mol. The molecule has 1 aliphatic rings. The topological polar surface area (TPSA) is 18.5 Å². The third-order valence-electron chi connectivity index (χ3n) is 3.13. The van der Waals surface area contributed by atoms with E-state index < -0.39 is 47.0 Å². The van der Waals surface area contributed by atoms with Gasteiger partial charge >= 0.3 is 0 Å². The van der Waals surface area contributed by atoms with Crippen LogP contribution in [0.3, 0.4) is 0 Å². The molecule has 3 unspecified atom stereocenters. The van der Waals surface area contributed by atoms with Gasteiger partial charge < -0.3 is 9.47 Å². The Bertz CT molecular complexity index is 511. The van der Waals surface area contributed by atoms with Crippen LogP contribution in [-0.4, -0.2) is 23.6 Å². The molecule has 0 N–H and O–H groups in total. The van der Waals surface area contributed by atoms with E-state index in [0.717, 1.165) is 6.42 Å². The Hall–Kier alpha value is -0.890. The summed E-state index contributed by atoms with van der Waals surface area (Å²) in [6.45, 7) is 2.28. The average Bonchev–Trinajstić information content (AvgIpc) is 2.46. The van der Waals surface area contributed by atoms with Crippen LogP contribution in [0.15, 0.2) is 0 Å². The van der Waals surface area contributed by atoms with E-state index in [1.165, 1.54) is 0 Å². The second kappa shape index (κ2) is 6.48. The summed E-state index contributed by atoms with van der Waals surface area (Å²) in [4.78, 5) is -0.0877. The molecule has 1 fully saturated rings. The highest BCUT2D eigenvalue weighted by Crippen LogP contribution is 2.37. The molecular formula is C13H12BrF5O2. The van der Waals surface area contributed by atoms with Gasteiger partial charge in [0.1, 0.15) is 12.2 Å². The summed E-state index contributed by atoms with van der Waals surface area (Å²) in [6, 6.07) is 0. The van der Waals surface area contributed by atoms with Gasteiger partial charge in [-0.2, -0.15) is 8.78 Å². The molecule has 1 aromatic carbocycles. The van der Waals surface area contributed by atoms with Gasteiger partial charge in [0.05, 0.1) is 0 Å². The van der Waals surface area contributed by atoms with Gasteiger partial charge in [0.25, 0.3) is 0 Å². The SMILES string of the molecule is CCCOC1C(Br)CC1Oc1c(F)c(F)c(F)c(F)c1F. The van der Waals surface area contributed by atoms with Gasteiger partial charge in [-0.25, -0.2) is 13.2 Å². The molecule has 0 amide bonds. The third-order valence-corrected chi connectivity index (χ3v) is 4.03. The standard InChI is InChI=1S/C13H12BrF5O2/c1-2-3-20-12-5(14)4-6(12)21-13-10(18)8(16)7(15)9(17)11(13)19/h5-6,12H,2-4H2,1H3. The first kappa shape index (κ1) is 16.5. The Morgan fingerprint density at radius 3 is 2.00 bits per heavy atom. The van der Waals surface area contributed by atoms with Crippen molar-refractivity contribution in [3.05, 3.63) is 29.1 Å². The van der Waals surface area contributed by atoms with Crippen molar-refractivity contribution < 1.29 is 31.4 Å². The van der Waals surface area contributed by atoms with Gasteiger partial charge in [-0.1, -0.05) is 22.9 Å². The fourth-order valence-corrected chi connectivity index (χ4v) is 2.81. The molecule has 2 nitrogen and oxygen atoms in total. The minimum Gasteiger partial charge on any atom is -0.481 e. The molecule has 1 aliphatic carbocycles. The van der Waals surface area contributed by atoms with Crippen LogP contribution in [0.4, 0.5) is 22.0 Å². The molecule has 0 saturated heterocycles. The number of hydrogen-bond acceptors (Lipinski definition) is 2. The predicted octanol–water partition coefficient (Wildman–Crippen LogP) is 4.09. The Morgan fingerprint density at radius 1 is 1.00 bits per heavy atom. The zero-order valence-corrected chi connectivity index (χ0v) is 12.5. The Morgan fingerprint density at radius 2 is 1.52 bits per heavy atom. The van der Waals surface area contributed by atoms with E-state index in [4.69, 9.17) is 9.47 Å². The number of benzene rings is 1. The van der Waals surface area contributed by atoms with Crippen molar-refractivity contribution >= 4 is 15.9 Å². The lowest BCUT2D eigenvalue weighted by molar-refractivity contribution is -0.0788. The van der Waals surface area contributed by atoms with Gasteiger partial charge in [-0.3, -0.25) is 0 Å². The fraction of sp³-hybridized carbons (Fsp3) is 0.538. The number of halogens is 6. The van der Waals surface area contributed by atoms with E-state index >= 15 is 0 Å². The molecule has 0 radical (unpaired) electrons. The lowest BCUT2D eigenvalue weighted by atomic mass is 9.91. The molecule has 1 aromatic rings. The van der Waals surface area contributed by atoms with Gasteiger partial charge in [0.15, 0.2) is 5.75 Å². The zero-order chi connectivity index (χ0) is 15.7. The minimum absolute atomic E-state index is 0.0877. The fourth-order valence-electron chi connectivity index (χ4n) is 1.95. The predicted molar refractivity (Wildman–Crippen MR) is 68.0 cm³/mol. The molecule has 8 heteroatoms. The van der Waals surface area contributed by atoms with E-state index in [2.05, 4.69) is 15.9 Å². The molecule has 118 valence electrons. The summed E-state index contributed by atoms with van der Waals surface area (Å²) >= 11 is 3.29. The molecule has 0 aromatic heterocycles. The van der Waals surface area contributed by atoms with Crippen molar-refractivity contribution in [2.45, 2.75) is 36.8 Å². The van der Waals surface area contributed by atoms with Gasteiger partial charge in [-0.05, 0) is 6.42 Å². The molecule has 21 heavy (non-hydrogen) atoms. The summed E-state index contributed by atoms with van der Waals surface area (Å²) in [5, 5.41) is 0. The Kier molecular flexibility index (Phi) is 5.08. The maximum absolute atomic E-state index is 13.5. The highest BCUT2D eigenvalue weighted by atomic mass is 79.9. The molecule has 0 aliphatic heterocycles. The van der Waals surface area contributed by atoms with Crippen molar-refractivity contribution in [3.63, 3.8) is 0 Å². The van der Waals surface area contributed by atoms with E-state index in [1.807, 2.05) is 6.92 Å². The lowest BCUT2D eigenvalue weighted by Gasteiger charge is -2.40. The highest BCUT2D eigenvalue weighted by Gasteiger charge is 2.43. The highest BCUT2D eigenvalue weighted by molar-refractivity contribution is 9.09. The molecule has 3 atom stereocenters. The number of ether oxygens (including phenoxy) is 2. The van der Waals surface area contributed by atoms with Crippen LogP contribution >= 0.6 is 15.9 Å². The summed E-state index contributed by atoms with van der Waals surface area (Å²) in [5.74, 6) is -11.5. The van der Waals surface area contributed by atoms with Crippen LogP contribution < -0.4 is 4.74 Å². The van der Waals surface area contributed by atoms with Gasteiger partial charge in [0.2, 0.25) is 29.1 Å². The third kappa shape index (κ3) is 3.01. The maximum atomic E-state index is 13.5. The first-order chi connectivity index (χ1) is 9.88. The summed E-state index contributed by atoms with van der Waals surface area (Å²) < 4.78 is 76.4. The second-order valence-electron chi connectivity index (χ2n) is 4.64. The molecule has 0 bridgehead atoms. The summed E-state index contributed by atoms with van der Waals surface area (Å²) in [6.07, 6.45) is -0.201. The van der Waals surface area contributed by atoms with E-state index in [1.54, 1.807) is 0 Å². The summed E-state index contributed by atoms with van der Waals surface area (Å²) in [5.41, 5.74) is 0. The zero-order valence-electron chi connectivity index (χ0n) is 10.9. The Labute approximate surface area is 126 Å². The Balaban J connectivity index is 2.21. The van der Waals surface area contributed by atoms with Crippen molar-refractivity contribution in [2.24, 2.45) is 0 Å². The van der Waals surface area contributed by atoms with Crippen LogP contribution in [0.25, 0.3) is 0 Å². The second-order valence-corrected chi connectivity index (χ2v) is 5.82. The lowest BCUT2D eigenvalue weighted by Crippen LogP contribution is -2.52. The van der Waals surface area contributed by atoms with E-state index in [9.17, 15) is 22.0 Å². The molecule has 1 saturated carbocycles. The van der Waals surface area contributed by atoms with Crippen molar-refractivity contribution in [2.75, 3.05) is 6.61 Å². The van der Waals surface area contributed by atoms with Gasteiger partial charge in [0, 0.05) is 17.9 Å². The van der Waals surface area contributed by atoms with Crippen molar-refractivity contribution in [1.29, 1.82) is 0 Å². The number of rotatable bonds is 5. The van der Waals surface area contributed by atoms with Crippen LogP contribution in [-0.2, 0) is 4.74 Å². The van der Waals surface area contributed by atoms with E-state index in [0.29, 0.717) is 13.0 Å². The van der Waals surface area contributed by atoms with E-state index in [-0.39, 0.29) is 4.83 Å². The first-order valence-electron chi connectivity index (χ1n) is 6.32. The largest absolute Gasteiger partial charge is 0.481 e. The van der Waals surface area contributed by atoms with Crippen molar-refractivity contribution in [1.82, 2.24) is 0 Å². The van der Waals surface area contributed by atoms with Crippen LogP contribution in [0, 0.1) is 29.1 Å².